The Kier molecular flexibility index (Phi) is 3.35. The summed E-state index contributed by atoms with van der Waals surface area (Å²) in [5, 5.41) is 3.93. The lowest BCUT2D eigenvalue weighted by Crippen LogP contribution is -2.30. The Hall–Kier alpha value is -1.67. The van der Waals surface area contributed by atoms with E-state index in [9.17, 15) is 8.42 Å². The Labute approximate surface area is 116 Å². The van der Waals surface area contributed by atoms with E-state index in [1.807, 2.05) is 0 Å². The van der Waals surface area contributed by atoms with E-state index in [4.69, 9.17) is 8.94 Å². The molecule has 1 fully saturated rings. The predicted octanol–water partition coefficient (Wildman–Crippen LogP) is 1.47. The summed E-state index contributed by atoms with van der Waals surface area (Å²) >= 11 is 0. The minimum atomic E-state index is -3.15. The average molecular weight is 297 g/mol. The highest BCUT2D eigenvalue weighted by Gasteiger charge is 2.33. The molecule has 0 aromatic carbocycles. The number of nitrogens with zero attached hydrogens (tertiary/aromatic N) is 3. The molecule has 3 rings (SSSR count). The number of sulfonamides is 1. The van der Waals surface area contributed by atoms with Crippen LogP contribution in [0.3, 0.4) is 0 Å². The van der Waals surface area contributed by atoms with Gasteiger partial charge in [0.2, 0.25) is 10.0 Å². The SMILES string of the molecule is CCS(=O)(=O)N1CCC(c2noc(-c3ccco3)n2)C1. The molecular formula is C12H15N3O4S. The van der Waals surface area contributed by atoms with Crippen molar-refractivity contribution in [1.29, 1.82) is 0 Å². The monoisotopic (exact) mass is 297 g/mol. The summed E-state index contributed by atoms with van der Waals surface area (Å²) < 4.78 is 35.5. The van der Waals surface area contributed by atoms with Crippen LogP contribution < -0.4 is 0 Å². The first-order chi connectivity index (χ1) is 9.60. The molecule has 0 radical (unpaired) electrons. The smallest absolute Gasteiger partial charge is 0.293 e. The van der Waals surface area contributed by atoms with E-state index in [1.54, 1.807) is 19.1 Å². The normalized spacial score (nSPS) is 20.6. The first kappa shape index (κ1) is 13.3. The van der Waals surface area contributed by atoms with E-state index in [1.165, 1.54) is 10.6 Å². The second kappa shape index (κ2) is 5.02. The van der Waals surface area contributed by atoms with Crippen LogP contribution >= 0.6 is 0 Å². The molecule has 1 aliphatic heterocycles. The average Bonchev–Trinajstić information content (AvgIpc) is 3.17. The van der Waals surface area contributed by atoms with Crippen LogP contribution in [0, 0.1) is 0 Å². The summed E-state index contributed by atoms with van der Waals surface area (Å²) in [5.74, 6) is 1.46. The fraction of sp³-hybridized carbons (Fsp3) is 0.500. The van der Waals surface area contributed by atoms with Gasteiger partial charge in [-0.25, -0.2) is 12.7 Å². The van der Waals surface area contributed by atoms with Crippen LogP contribution in [0.15, 0.2) is 27.3 Å². The molecule has 0 spiro atoms. The zero-order valence-electron chi connectivity index (χ0n) is 11.0. The summed E-state index contributed by atoms with van der Waals surface area (Å²) in [4.78, 5) is 4.28. The molecule has 108 valence electrons. The quantitative estimate of drug-likeness (QED) is 0.849. The van der Waals surface area contributed by atoms with Crippen LogP contribution in [-0.4, -0.2) is 41.7 Å². The molecule has 8 heteroatoms. The fourth-order valence-corrected chi connectivity index (χ4v) is 3.43. The number of rotatable bonds is 4. The second-order valence-electron chi connectivity index (χ2n) is 4.68. The number of aromatic nitrogens is 2. The molecule has 0 saturated carbocycles. The summed E-state index contributed by atoms with van der Waals surface area (Å²) in [7, 11) is -3.15. The number of furan rings is 1. The van der Waals surface area contributed by atoms with E-state index < -0.39 is 10.0 Å². The standard InChI is InChI=1S/C12H15N3O4S/c1-2-20(16,17)15-6-5-9(8-15)11-13-12(19-14-11)10-4-3-7-18-10/h3-4,7,9H,2,5-6,8H2,1H3. The highest BCUT2D eigenvalue weighted by Crippen LogP contribution is 2.28. The third-order valence-electron chi connectivity index (χ3n) is 3.45. The van der Waals surface area contributed by atoms with Gasteiger partial charge in [-0.3, -0.25) is 0 Å². The van der Waals surface area contributed by atoms with Crippen molar-refractivity contribution in [3.05, 3.63) is 24.2 Å². The highest BCUT2D eigenvalue weighted by molar-refractivity contribution is 7.89. The minimum absolute atomic E-state index is 0.0243. The lowest BCUT2D eigenvalue weighted by atomic mass is 10.1. The lowest BCUT2D eigenvalue weighted by Gasteiger charge is -2.13. The Morgan fingerprint density at radius 3 is 3.05 bits per heavy atom. The van der Waals surface area contributed by atoms with Crippen molar-refractivity contribution >= 4 is 10.0 Å². The molecule has 0 amide bonds. The molecule has 7 nitrogen and oxygen atoms in total. The van der Waals surface area contributed by atoms with Gasteiger partial charge in [-0.05, 0) is 25.5 Å². The molecule has 1 atom stereocenters. The van der Waals surface area contributed by atoms with E-state index in [0.29, 0.717) is 37.0 Å². The summed E-state index contributed by atoms with van der Waals surface area (Å²) in [6.07, 6.45) is 2.24. The summed E-state index contributed by atoms with van der Waals surface area (Å²) in [6, 6.07) is 3.48. The van der Waals surface area contributed by atoms with Gasteiger partial charge in [-0.15, -0.1) is 0 Å². The lowest BCUT2D eigenvalue weighted by molar-refractivity contribution is 0.403. The van der Waals surface area contributed by atoms with Crippen LogP contribution in [0.5, 0.6) is 0 Å². The Morgan fingerprint density at radius 2 is 2.35 bits per heavy atom. The molecule has 0 bridgehead atoms. The molecule has 0 N–H and O–H groups in total. The Balaban J connectivity index is 1.76. The number of hydrogen-bond acceptors (Lipinski definition) is 6. The molecule has 2 aromatic heterocycles. The molecule has 1 saturated heterocycles. The Morgan fingerprint density at radius 1 is 1.50 bits per heavy atom. The largest absolute Gasteiger partial charge is 0.459 e. The van der Waals surface area contributed by atoms with E-state index in [0.717, 1.165) is 0 Å². The molecule has 1 aliphatic rings. The van der Waals surface area contributed by atoms with Gasteiger partial charge in [0.05, 0.1) is 12.0 Å². The molecule has 2 aromatic rings. The Bertz CT molecular complexity index is 677. The van der Waals surface area contributed by atoms with Crippen LogP contribution in [0.2, 0.25) is 0 Å². The van der Waals surface area contributed by atoms with Gasteiger partial charge in [-0.2, -0.15) is 4.98 Å². The van der Waals surface area contributed by atoms with E-state index in [-0.39, 0.29) is 11.7 Å². The van der Waals surface area contributed by atoms with E-state index in [2.05, 4.69) is 10.1 Å². The van der Waals surface area contributed by atoms with Crippen molar-refractivity contribution in [2.24, 2.45) is 0 Å². The maximum absolute atomic E-state index is 11.8. The maximum Gasteiger partial charge on any atom is 0.293 e. The van der Waals surface area contributed by atoms with Crippen molar-refractivity contribution in [1.82, 2.24) is 14.4 Å². The number of hydrogen-bond donors (Lipinski definition) is 0. The first-order valence-corrected chi connectivity index (χ1v) is 8.06. The minimum Gasteiger partial charge on any atom is -0.459 e. The predicted molar refractivity (Wildman–Crippen MR) is 70.4 cm³/mol. The third kappa shape index (κ3) is 2.36. The van der Waals surface area contributed by atoms with E-state index >= 15 is 0 Å². The van der Waals surface area contributed by atoms with Crippen molar-refractivity contribution in [3.63, 3.8) is 0 Å². The zero-order valence-corrected chi connectivity index (χ0v) is 11.8. The zero-order chi connectivity index (χ0) is 14.2. The van der Waals surface area contributed by atoms with Crippen LogP contribution in [0.1, 0.15) is 25.1 Å². The van der Waals surface area contributed by atoms with Crippen LogP contribution in [-0.2, 0) is 10.0 Å². The second-order valence-corrected chi connectivity index (χ2v) is 6.94. The summed E-state index contributed by atoms with van der Waals surface area (Å²) in [6.45, 7) is 2.56. The molecule has 20 heavy (non-hydrogen) atoms. The molecule has 3 heterocycles. The van der Waals surface area contributed by atoms with Gasteiger partial charge in [-0.1, -0.05) is 5.16 Å². The highest BCUT2D eigenvalue weighted by atomic mass is 32.2. The fourth-order valence-electron chi connectivity index (χ4n) is 2.28. The molecular weight excluding hydrogens is 282 g/mol. The third-order valence-corrected chi connectivity index (χ3v) is 5.30. The van der Waals surface area contributed by atoms with Gasteiger partial charge in [0.1, 0.15) is 0 Å². The van der Waals surface area contributed by atoms with Gasteiger partial charge in [0, 0.05) is 19.0 Å². The van der Waals surface area contributed by atoms with Crippen molar-refractivity contribution in [2.75, 3.05) is 18.8 Å². The summed E-state index contributed by atoms with van der Waals surface area (Å²) in [5.41, 5.74) is 0. The van der Waals surface area contributed by atoms with Crippen LogP contribution in [0.25, 0.3) is 11.7 Å². The molecule has 1 unspecified atom stereocenters. The first-order valence-electron chi connectivity index (χ1n) is 6.45. The molecule has 0 aliphatic carbocycles. The van der Waals surface area contributed by atoms with Gasteiger partial charge in [0.25, 0.3) is 5.89 Å². The maximum atomic E-state index is 11.8. The topological polar surface area (TPSA) is 89.4 Å². The van der Waals surface area contributed by atoms with Gasteiger partial charge < -0.3 is 8.94 Å². The van der Waals surface area contributed by atoms with Crippen molar-refractivity contribution < 1.29 is 17.4 Å². The van der Waals surface area contributed by atoms with Gasteiger partial charge >= 0.3 is 0 Å². The van der Waals surface area contributed by atoms with Crippen molar-refractivity contribution in [3.8, 4) is 11.7 Å². The van der Waals surface area contributed by atoms with Crippen LogP contribution in [0.4, 0.5) is 0 Å². The van der Waals surface area contributed by atoms with Gasteiger partial charge in [0.15, 0.2) is 11.6 Å². The van der Waals surface area contributed by atoms with Crippen molar-refractivity contribution in [2.45, 2.75) is 19.3 Å².